The van der Waals surface area contributed by atoms with Crippen molar-refractivity contribution in [2.75, 3.05) is 24.3 Å². The molecule has 0 atom stereocenters. The topological polar surface area (TPSA) is 47.6 Å². The first-order valence-corrected chi connectivity index (χ1v) is 8.69. The summed E-state index contributed by atoms with van der Waals surface area (Å²) in [5.41, 5.74) is 1.01. The van der Waals surface area contributed by atoms with Crippen LogP contribution in [0.15, 0.2) is 41.3 Å². The van der Waals surface area contributed by atoms with Crippen LogP contribution < -0.4 is 14.8 Å². The maximum Gasteiger partial charge on any atom is 0.234 e. The molecule has 3 rings (SSSR count). The molecular formula is C18H18FNO3S. The molecule has 24 heavy (non-hydrogen) atoms. The second-order valence-electron chi connectivity index (χ2n) is 5.48. The first-order valence-electron chi connectivity index (χ1n) is 7.70. The Kier molecular flexibility index (Phi) is 5.25. The summed E-state index contributed by atoms with van der Waals surface area (Å²) in [6.07, 6.45) is 0.849. The second kappa shape index (κ2) is 7.57. The zero-order valence-corrected chi connectivity index (χ0v) is 14.1. The monoisotopic (exact) mass is 347 g/mol. The number of carbonyl (C=O) groups is 1. The standard InChI is InChI=1S/C18H18FNO3S/c1-12-3-5-15(14(19)9-12)20-18(21)11-24-13-4-6-16-17(10-13)23-8-2-7-22-16/h3-6,9-10H,2,7-8,11H2,1H3,(H,20,21). The molecule has 0 spiro atoms. The molecule has 2 aromatic carbocycles. The van der Waals surface area contributed by atoms with Crippen LogP contribution in [0.2, 0.25) is 0 Å². The molecule has 4 nitrogen and oxygen atoms in total. The lowest BCUT2D eigenvalue weighted by atomic mass is 10.2. The summed E-state index contributed by atoms with van der Waals surface area (Å²) >= 11 is 1.37. The predicted molar refractivity (Wildman–Crippen MR) is 92.5 cm³/mol. The third-order valence-corrected chi connectivity index (χ3v) is 4.48. The number of nitrogens with one attached hydrogen (secondary N) is 1. The van der Waals surface area contributed by atoms with Crippen LogP contribution in [-0.2, 0) is 4.79 Å². The highest BCUT2D eigenvalue weighted by atomic mass is 32.2. The molecule has 0 saturated carbocycles. The molecule has 1 amide bonds. The highest BCUT2D eigenvalue weighted by Gasteiger charge is 2.12. The Balaban J connectivity index is 1.59. The van der Waals surface area contributed by atoms with Gasteiger partial charge < -0.3 is 14.8 Å². The maximum absolute atomic E-state index is 13.7. The molecule has 0 unspecified atom stereocenters. The number of aryl methyl sites for hydroxylation is 1. The lowest BCUT2D eigenvalue weighted by Gasteiger charge is -2.10. The van der Waals surface area contributed by atoms with Gasteiger partial charge in [-0.15, -0.1) is 11.8 Å². The van der Waals surface area contributed by atoms with E-state index in [-0.39, 0.29) is 17.3 Å². The average molecular weight is 347 g/mol. The van der Waals surface area contributed by atoms with Crippen molar-refractivity contribution in [2.45, 2.75) is 18.2 Å². The number of ether oxygens (including phenoxy) is 2. The van der Waals surface area contributed by atoms with Crippen molar-refractivity contribution < 1.29 is 18.7 Å². The summed E-state index contributed by atoms with van der Waals surface area (Å²) in [4.78, 5) is 12.9. The highest BCUT2D eigenvalue weighted by molar-refractivity contribution is 8.00. The van der Waals surface area contributed by atoms with Gasteiger partial charge in [0, 0.05) is 11.3 Å². The van der Waals surface area contributed by atoms with Crippen LogP contribution in [0, 0.1) is 12.7 Å². The minimum atomic E-state index is -0.427. The third-order valence-electron chi connectivity index (χ3n) is 3.49. The van der Waals surface area contributed by atoms with Crippen LogP contribution in [0.3, 0.4) is 0 Å². The Morgan fingerprint density at radius 3 is 2.75 bits per heavy atom. The van der Waals surface area contributed by atoms with E-state index in [0.717, 1.165) is 22.6 Å². The fourth-order valence-corrected chi connectivity index (χ4v) is 3.01. The smallest absolute Gasteiger partial charge is 0.234 e. The summed E-state index contributed by atoms with van der Waals surface area (Å²) in [7, 11) is 0. The molecule has 2 aromatic rings. The third kappa shape index (κ3) is 4.20. The second-order valence-corrected chi connectivity index (χ2v) is 6.53. The van der Waals surface area contributed by atoms with Gasteiger partial charge in [0.2, 0.25) is 5.91 Å². The number of fused-ring (bicyclic) bond motifs is 1. The van der Waals surface area contributed by atoms with Gasteiger partial charge in [0.05, 0.1) is 24.7 Å². The first-order chi connectivity index (χ1) is 11.6. The van der Waals surface area contributed by atoms with Gasteiger partial charge >= 0.3 is 0 Å². The number of hydrogen-bond acceptors (Lipinski definition) is 4. The molecule has 0 saturated heterocycles. The normalized spacial score (nSPS) is 13.2. The van der Waals surface area contributed by atoms with Crippen molar-refractivity contribution in [3.05, 3.63) is 47.8 Å². The maximum atomic E-state index is 13.7. The van der Waals surface area contributed by atoms with Gasteiger partial charge in [-0.1, -0.05) is 6.07 Å². The van der Waals surface area contributed by atoms with Crippen molar-refractivity contribution in [3.63, 3.8) is 0 Å². The van der Waals surface area contributed by atoms with Crippen molar-refractivity contribution in [2.24, 2.45) is 0 Å². The summed E-state index contributed by atoms with van der Waals surface area (Å²) in [5.74, 6) is 0.928. The van der Waals surface area contributed by atoms with E-state index in [1.165, 1.54) is 17.8 Å². The molecule has 0 bridgehead atoms. The molecule has 126 valence electrons. The predicted octanol–water partition coefficient (Wildman–Crippen LogP) is 4.03. The van der Waals surface area contributed by atoms with E-state index in [0.29, 0.717) is 19.0 Å². The molecule has 1 aliphatic heterocycles. The molecule has 6 heteroatoms. The number of thioether (sulfide) groups is 1. The van der Waals surface area contributed by atoms with E-state index in [1.54, 1.807) is 19.1 Å². The van der Waals surface area contributed by atoms with Crippen molar-refractivity contribution in [1.29, 1.82) is 0 Å². The van der Waals surface area contributed by atoms with Gasteiger partial charge in [0.1, 0.15) is 5.82 Å². The van der Waals surface area contributed by atoms with E-state index in [1.807, 2.05) is 18.2 Å². The number of halogens is 1. The van der Waals surface area contributed by atoms with Crippen molar-refractivity contribution >= 4 is 23.4 Å². The number of amides is 1. The van der Waals surface area contributed by atoms with Crippen LogP contribution in [0.1, 0.15) is 12.0 Å². The van der Waals surface area contributed by atoms with Gasteiger partial charge in [-0.2, -0.15) is 0 Å². The zero-order valence-electron chi connectivity index (χ0n) is 13.3. The van der Waals surface area contributed by atoms with Crippen LogP contribution in [0.25, 0.3) is 0 Å². The summed E-state index contributed by atoms with van der Waals surface area (Å²) < 4.78 is 25.0. The fourth-order valence-electron chi connectivity index (χ4n) is 2.29. The summed E-state index contributed by atoms with van der Waals surface area (Å²) in [6, 6.07) is 10.3. The molecule has 0 fully saturated rings. The van der Waals surface area contributed by atoms with E-state index in [9.17, 15) is 9.18 Å². The van der Waals surface area contributed by atoms with Gasteiger partial charge in [-0.3, -0.25) is 4.79 Å². The largest absolute Gasteiger partial charge is 0.490 e. The van der Waals surface area contributed by atoms with E-state index >= 15 is 0 Å². The number of hydrogen-bond donors (Lipinski definition) is 1. The Hall–Kier alpha value is -2.21. The fraction of sp³-hybridized carbons (Fsp3) is 0.278. The summed E-state index contributed by atoms with van der Waals surface area (Å²) in [5, 5.41) is 2.59. The number of rotatable bonds is 4. The van der Waals surface area contributed by atoms with E-state index < -0.39 is 5.82 Å². The number of benzene rings is 2. The lowest BCUT2D eigenvalue weighted by molar-refractivity contribution is -0.113. The molecule has 0 radical (unpaired) electrons. The van der Waals surface area contributed by atoms with E-state index in [4.69, 9.17) is 9.47 Å². The minimum absolute atomic E-state index is 0.187. The van der Waals surface area contributed by atoms with Gasteiger partial charge in [0.15, 0.2) is 11.5 Å². The minimum Gasteiger partial charge on any atom is -0.490 e. The van der Waals surface area contributed by atoms with Crippen LogP contribution in [0.4, 0.5) is 10.1 Å². The summed E-state index contributed by atoms with van der Waals surface area (Å²) in [6.45, 7) is 3.06. The Morgan fingerprint density at radius 1 is 1.17 bits per heavy atom. The molecule has 1 aliphatic rings. The van der Waals surface area contributed by atoms with Crippen molar-refractivity contribution in [1.82, 2.24) is 0 Å². The van der Waals surface area contributed by atoms with Crippen molar-refractivity contribution in [3.8, 4) is 11.5 Å². The Labute approximate surface area is 144 Å². The molecule has 0 aromatic heterocycles. The SMILES string of the molecule is Cc1ccc(NC(=O)CSc2ccc3c(c2)OCCCO3)c(F)c1. The lowest BCUT2D eigenvalue weighted by Crippen LogP contribution is -2.15. The number of carbonyl (C=O) groups excluding carboxylic acids is 1. The van der Waals surface area contributed by atoms with Crippen LogP contribution >= 0.6 is 11.8 Å². The molecule has 1 N–H and O–H groups in total. The van der Waals surface area contributed by atoms with Gasteiger partial charge in [0.25, 0.3) is 0 Å². The molecule has 1 heterocycles. The Morgan fingerprint density at radius 2 is 1.96 bits per heavy atom. The highest BCUT2D eigenvalue weighted by Crippen LogP contribution is 2.33. The number of anilines is 1. The van der Waals surface area contributed by atoms with E-state index in [2.05, 4.69) is 5.32 Å². The van der Waals surface area contributed by atoms with Gasteiger partial charge in [-0.05, 0) is 42.8 Å². The Bertz CT molecular complexity index is 751. The average Bonchev–Trinajstić information content (AvgIpc) is 2.80. The van der Waals surface area contributed by atoms with Crippen LogP contribution in [0.5, 0.6) is 11.5 Å². The molecular weight excluding hydrogens is 329 g/mol. The molecule has 0 aliphatic carbocycles. The first kappa shape index (κ1) is 16.6. The van der Waals surface area contributed by atoms with Gasteiger partial charge in [-0.25, -0.2) is 4.39 Å². The quantitative estimate of drug-likeness (QED) is 0.849. The zero-order chi connectivity index (χ0) is 16.9. The van der Waals surface area contributed by atoms with Crippen LogP contribution in [-0.4, -0.2) is 24.9 Å².